The Balaban J connectivity index is 1.92. The Morgan fingerprint density at radius 3 is 2.52 bits per heavy atom. The van der Waals surface area contributed by atoms with Gasteiger partial charge >= 0.3 is 6.04 Å². The molecule has 0 fully saturated rings. The lowest BCUT2D eigenvalue weighted by Gasteiger charge is -2.07. The van der Waals surface area contributed by atoms with Gasteiger partial charge in [0.25, 0.3) is 5.91 Å². The molecule has 0 heterocycles. The molecule has 0 saturated heterocycles. The number of carbonyl (C=O) groups excluding carboxylic acids is 2. The van der Waals surface area contributed by atoms with E-state index >= 15 is 0 Å². The van der Waals surface area contributed by atoms with Gasteiger partial charge in [-0.25, -0.2) is 0 Å². The summed E-state index contributed by atoms with van der Waals surface area (Å²) in [6.07, 6.45) is 11.2. The molecule has 0 aromatic heterocycles. The number of rotatable bonds is 8. The number of halogens is 1. The summed E-state index contributed by atoms with van der Waals surface area (Å²) in [4.78, 5) is 23.0. The summed E-state index contributed by atoms with van der Waals surface area (Å²) in [5.74, 6) is -0.661. The summed E-state index contributed by atoms with van der Waals surface area (Å²) in [6.45, 7) is 5.41. The Morgan fingerprint density at radius 1 is 1.26 bits per heavy atom. The maximum atomic E-state index is 12.7. The first-order valence-corrected chi connectivity index (χ1v) is 9.44. The fourth-order valence-electron chi connectivity index (χ4n) is 2.70. The van der Waals surface area contributed by atoms with E-state index in [9.17, 15) is 19.1 Å². The van der Waals surface area contributed by atoms with Crippen LogP contribution < -0.4 is 11.1 Å². The van der Waals surface area contributed by atoms with Crippen LogP contribution in [0.5, 0.6) is 0 Å². The molecule has 0 aliphatic heterocycles. The van der Waals surface area contributed by atoms with Crippen molar-refractivity contribution in [1.29, 1.82) is 5.41 Å². The Kier molecular flexibility index (Phi) is 8.02. The molecule has 6 nitrogen and oxygen atoms in total. The number of allylic oxidation sites excluding steroid dienone is 6. The second-order valence-corrected chi connectivity index (χ2v) is 6.85. The topological polar surface area (TPSA) is 116 Å². The molecule has 0 saturated carbocycles. The third-order valence-corrected chi connectivity index (χ3v) is 4.51. The van der Waals surface area contributed by atoms with E-state index in [0.29, 0.717) is 22.3 Å². The highest BCUT2D eigenvalue weighted by atomic mass is 19.1. The molecule has 160 valence electrons. The smallest absolute Gasteiger partial charge is 0.327 e. The number of hydrogen-bond acceptors (Lipinski definition) is 4. The first-order chi connectivity index (χ1) is 14.7. The quantitative estimate of drug-likeness (QED) is 0.127. The zero-order chi connectivity index (χ0) is 23.0. The summed E-state index contributed by atoms with van der Waals surface area (Å²) in [5.41, 5.74) is 7.46. The number of hydrogen-bond donors (Lipinski definition) is 4. The molecular weight excluding hydrogens is 397 g/mol. The van der Waals surface area contributed by atoms with E-state index in [4.69, 9.17) is 11.1 Å². The van der Waals surface area contributed by atoms with Crippen LogP contribution in [0.25, 0.3) is 5.57 Å². The minimum absolute atomic E-state index is 0.0451. The Hall–Kier alpha value is -4.00. The van der Waals surface area contributed by atoms with E-state index in [0.717, 1.165) is 0 Å². The average Bonchev–Trinajstić information content (AvgIpc) is 2.92. The number of aliphatic hydroxyl groups excluding tert-OH is 1. The van der Waals surface area contributed by atoms with E-state index in [1.807, 2.05) is 0 Å². The van der Waals surface area contributed by atoms with Crippen LogP contribution in [0.3, 0.4) is 0 Å². The summed E-state index contributed by atoms with van der Waals surface area (Å²) in [5, 5.41) is 20.2. The zero-order valence-electron chi connectivity index (χ0n) is 17.1. The fraction of sp³-hybridized carbons (Fsp3) is 0.125. The lowest BCUT2D eigenvalue weighted by molar-refractivity contribution is -0.125. The Bertz CT molecular complexity index is 1040. The van der Waals surface area contributed by atoms with Crippen LogP contribution in [0.1, 0.15) is 22.8 Å². The van der Waals surface area contributed by atoms with Crippen LogP contribution in [0.15, 0.2) is 90.3 Å². The molecule has 1 aliphatic rings. The molecule has 0 bridgehead atoms. The van der Waals surface area contributed by atoms with Crippen molar-refractivity contribution in [2.75, 3.05) is 6.54 Å². The number of nitrogens with one attached hydrogen (secondary N) is 2. The maximum Gasteiger partial charge on any atom is 0.327 e. The fourth-order valence-corrected chi connectivity index (χ4v) is 2.70. The second kappa shape index (κ2) is 10.7. The van der Waals surface area contributed by atoms with Gasteiger partial charge in [-0.15, -0.1) is 0 Å². The molecule has 0 radical (unpaired) electrons. The monoisotopic (exact) mass is 421 g/mol. The third kappa shape index (κ3) is 6.78. The van der Waals surface area contributed by atoms with Crippen LogP contribution in [-0.4, -0.2) is 29.4 Å². The van der Waals surface area contributed by atoms with Gasteiger partial charge in [0.2, 0.25) is 0 Å². The number of amides is 1. The Labute approximate surface area is 180 Å². The van der Waals surface area contributed by atoms with Gasteiger partial charge in [0.15, 0.2) is 0 Å². The standard InChI is InChI=1S/C24H24FN3O3/c1-15(14-16(2)22(25)30)17-5-9-20(10-6-17)24(31)28-13-3-4-18-7-8-19(23(26)27)11-12-21(18)29/h3-12,14,18,29H,1,13H2,2H3,(H3,26,27)(H,28,31)/b4-3+,16-14+. The predicted octanol–water partition coefficient (Wildman–Crippen LogP) is 3.92. The second-order valence-electron chi connectivity index (χ2n) is 6.85. The molecule has 5 N–H and O–H groups in total. The number of aliphatic hydroxyl groups is 1. The molecule has 1 aliphatic carbocycles. The summed E-state index contributed by atoms with van der Waals surface area (Å²) < 4.78 is 12.7. The van der Waals surface area contributed by atoms with Crippen LogP contribution in [0, 0.1) is 11.3 Å². The average molecular weight is 421 g/mol. The lowest BCUT2D eigenvalue weighted by atomic mass is 10.0. The van der Waals surface area contributed by atoms with Gasteiger partial charge in [-0.3, -0.25) is 15.0 Å². The van der Waals surface area contributed by atoms with Crippen molar-refractivity contribution in [3.63, 3.8) is 0 Å². The van der Waals surface area contributed by atoms with Crippen molar-refractivity contribution < 1.29 is 19.1 Å². The molecule has 0 spiro atoms. The SMILES string of the molecule is C=C(/C=C(\C)C(=O)F)c1ccc(C(=O)NC/C=C/C2C=CC(C(=N)N)=CC=C2O)cc1. The van der Waals surface area contributed by atoms with E-state index < -0.39 is 6.04 Å². The van der Waals surface area contributed by atoms with Crippen molar-refractivity contribution in [3.05, 3.63) is 101 Å². The molecule has 1 atom stereocenters. The summed E-state index contributed by atoms with van der Waals surface area (Å²) >= 11 is 0. The first kappa shape index (κ1) is 23.3. The van der Waals surface area contributed by atoms with E-state index in [1.165, 1.54) is 19.1 Å². The van der Waals surface area contributed by atoms with E-state index in [-0.39, 0.29) is 35.5 Å². The van der Waals surface area contributed by atoms with Gasteiger partial charge in [0.05, 0.1) is 5.92 Å². The molecule has 2 rings (SSSR count). The molecule has 31 heavy (non-hydrogen) atoms. The van der Waals surface area contributed by atoms with Gasteiger partial charge < -0.3 is 16.2 Å². The van der Waals surface area contributed by atoms with Crippen molar-refractivity contribution in [2.24, 2.45) is 11.7 Å². The van der Waals surface area contributed by atoms with Crippen molar-refractivity contribution >= 4 is 23.4 Å². The largest absolute Gasteiger partial charge is 0.511 e. The highest BCUT2D eigenvalue weighted by molar-refractivity contribution is 5.97. The highest BCUT2D eigenvalue weighted by Crippen LogP contribution is 2.18. The summed E-state index contributed by atoms with van der Waals surface area (Å²) in [6, 6.07) is 5.04. The highest BCUT2D eigenvalue weighted by Gasteiger charge is 2.10. The van der Waals surface area contributed by atoms with Crippen LogP contribution >= 0.6 is 0 Å². The third-order valence-electron chi connectivity index (χ3n) is 4.51. The Morgan fingerprint density at radius 2 is 1.90 bits per heavy atom. The van der Waals surface area contributed by atoms with Gasteiger partial charge in [-0.2, -0.15) is 4.39 Å². The zero-order valence-corrected chi connectivity index (χ0v) is 17.1. The van der Waals surface area contributed by atoms with E-state index in [1.54, 1.807) is 54.6 Å². The van der Waals surface area contributed by atoms with Gasteiger partial charge in [0, 0.05) is 23.3 Å². The van der Waals surface area contributed by atoms with Crippen molar-refractivity contribution in [2.45, 2.75) is 6.92 Å². The van der Waals surface area contributed by atoms with Crippen LogP contribution in [0.4, 0.5) is 4.39 Å². The minimum atomic E-state index is -1.51. The van der Waals surface area contributed by atoms with Crippen LogP contribution in [-0.2, 0) is 4.79 Å². The molecule has 1 aromatic rings. The number of nitrogens with two attached hydrogens (primary N) is 1. The van der Waals surface area contributed by atoms with E-state index in [2.05, 4.69) is 11.9 Å². The summed E-state index contributed by atoms with van der Waals surface area (Å²) in [7, 11) is 0. The molecule has 1 aromatic carbocycles. The lowest BCUT2D eigenvalue weighted by Crippen LogP contribution is -2.23. The predicted molar refractivity (Wildman–Crippen MR) is 120 cm³/mol. The minimum Gasteiger partial charge on any atom is -0.511 e. The number of amidine groups is 1. The van der Waals surface area contributed by atoms with Crippen molar-refractivity contribution in [1.82, 2.24) is 5.32 Å². The maximum absolute atomic E-state index is 12.7. The van der Waals surface area contributed by atoms with Gasteiger partial charge in [0.1, 0.15) is 11.6 Å². The molecular formula is C24H24FN3O3. The number of carbonyl (C=O) groups is 2. The molecule has 1 amide bonds. The van der Waals surface area contributed by atoms with Crippen LogP contribution in [0.2, 0.25) is 0 Å². The molecule has 1 unspecified atom stereocenters. The van der Waals surface area contributed by atoms with Gasteiger partial charge in [-0.1, -0.05) is 43.0 Å². The van der Waals surface area contributed by atoms with Gasteiger partial charge in [-0.05, 0) is 48.4 Å². The molecule has 7 heteroatoms. The first-order valence-electron chi connectivity index (χ1n) is 9.44. The normalized spacial score (nSPS) is 16.3. The van der Waals surface area contributed by atoms with Crippen molar-refractivity contribution in [3.8, 4) is 0 Å². The number of benzene rings is 1.